The summed E-state index contributed by atoms with van der Waals surface area (Å²) in [6.07, 6.45) is 4.00. The Morgan fingerprint density at radius 3 is 2.88 bits per heavy atom. The van der Waals surface area contributed by atoms with Crippen LogP contribution in [0.3, 0.4) is 0 Å². The number of benzene rings is 1. The number of fused-ring (bicyclic) bond motifs is 1. The fourth-order valence-electron chi connectivity index (χ4n) is 3.35. The van der Waals surface area contributed by atoms with E-state index in [0.717, 1.165) is 25.7 Å². The molecule has 6 heteroatoms. The molecule has 132 valence electrons. The summed E-state index contributed by atoms with van der Waals surface area (Å²) in [5.41, 5.74) is 0.368. The highest BCUT2D eigenvalue weighted by Gasteiger charge is 2.26. The normalized spacial score (nSPS) is 17.5. The highest BCUT2D eigenvalue weighted by molar-refractivity contribution is 5.92. The fraction of sp³-hybridized carbons (Fsp3) is 0.421. The average Bonchev–Trinajstić information content (AvgIpc) is 2.65. The summed E-state index contributed by atoms with van der Waals surface area (Å²) in [7, 11) is 0. The molecule has 3 rings (SSSR count). The number of piperidine rings is 1. The number of carbonyl (C=O) groups excluding carboxylic acids is 2. The van der Waals surface area contributed by atoms with Gasteiger partial charge in [-0.05, 0) is 37.8 Å². The maximum atomic E-state index is 12.4. The number of nitrogens with one attached hydrogen (secondary N) is 1. The van der Waals surface area contributed by atoms with Crippen molar-refractivity contribution in [2.24, 2.45) is 0 Å². The van der Waals surface area contributed by atoms with Crippen LogP contribution in [0.4, 0.5) is 0 Å². The molecule has 0 radical (unpaired) electrons. The Balaban J connectivity index is 1.68. The molecule has 0 saturated carbocycles. The number of ether oxygens (including phenoxy) is 1. The Morgan fingerprint density at radius 1 is 1.28 bits per heavy atom. The maximum Gasteiger partial charge on any atom is 0.355 e. The van der Waals surface area contributed by atoms with Crippen molar-refractivity contribution < 1.29 is 14.3 Å². The number of para-hydroxylation sites is 1. The standard InChI is InChI=1S/C19H22N2O4/c1-2-13-7-5-6-10-21(13)18(23)12-25-19(24)16-11-17(22)14-8-3-4-9-15(14)20-16/h3-4,8-9,11,13H,2,5-7,10,12H2,1H3,(H,20,22)/t13-/m1/s1. The van der Waals surface area contributed by atoms with E-state index in [1.54, 1.807) is 29.2 Å². The van der Waals surface area contributed by atoms with E-state index in [2.05, 4.69) is 11.9 Å². The highest BCUT2D eigenvalue weighted by atomic mass is 16.5. The predicted octanol–water partition coefficient (Wildman–Crippen LogP) is 2.48. The van der Waals surface area contributed by atoms with Gasteiger partial charge in [0, 0.05) is 29.6 Å². The van der Waals surface area contributed by atoms with E-state index >= 15 is 0 Å². The van der Waals surface area contributed by atoms with E-state index in [-0.39, 0.29) is 29.7 Å². The fourth-order valence-corrected chi connectivity index (χ4v) is 3.35. The molecule has 2 aromatic rings. The lowest BCUT2D eigenvalue weighted by atomic mass is 10.00. The van der Waals surface area contributed by atoms with Gasteiger partial charge in [0.1, 0.15) is 5.69 Å². The number of esters is 1. The molecule has 1 aromatic heterocycles. The quantitative estimate of drug-likeness (QED) is 0.866. The molecule has 0 aliphatic carbocycles. The van der Waals surface area contributed by atoms with Gasteiger partial charge >= 0.3 is 5.97 Å². The van der Waals surface area contributed by atoms with E-state index in [0.29, 0.717) is 17.4 Å². The van der Waals surface area contributed by atoms with Crippen LogP contribution in [0.2, 0.25) is 0 Å². The topological polar surface area (TPSA) is 79.5 Å². The predicted molar refractivity (Wildman–Crippen MR) is 94.5 cm³/mol. The minimum atomic E-state index is -0.693. The van der Waals surface area contributed by atoms with Crippen molar-refractivity contribution in [1.82, 2.24) is 9.88 Å². The van der Waals surface area contributed by atoms with Crippen LogP contribution in [0.1, 0.15) is 43.1 Å². The van der Waals surface area contributed by atoms with Crippen molar-refractivity contribution in [3.05, 3.63) is 46.2 Å². The van der Waals surface area contributed by atoms with Crippen molar-refractivity contribution in [2.75, 3.05) is 13.2 Å². The van der Waals surface area contributed by atoms with Gasteiger partial charge in [-0.1, -0.05) is 19.1 Å². The smallest absolute Gasteiger partial charge is 0.355 e. The van der Waals surface area contributed by atoms with Gasteiger partial charge in [-0.2, -0.15) is 0 Å². The Kier molecular flexibility index (Phi) is 5.16. The number of aromatic amines is 1. The van der Waals surface area contributed by atoms with E-state index in [9.17, 15) is 14.4 Å². The zero-order valence-electron chi connectivity index (χ0n) is 14.3. The molecule has 0 unspecified atom stereocenters. The summed E-state index contributed by atoms with van der Waals surface area (Å²) >= 11 is 0. The molecular formula is C19H22N2O4. The third-order valence-electron chi connectivity index (χ3n) is 4.70. The number of rotatable bonds is 4. The first-order valence-electron chi connectivity index (χ1n) is 8.69. The zero-order chi connectivity index (χ0) is 17.8. The molecule has 1 amide bonds. The average molecular weight is 342 g/mol. The lowest BCUT2D eigenvalue weighted by Crippen LogP contribution is -2.45. The summed E-state index contributed by atoms with van der Waals surface area (Å²) in [5.74, 6) is -0.871. The highest BCUT2D eigenvalue weighted by Crippen LogP contribution is 2.19. The SMILES string of the molecule is CC[C@@H]1CCCCN1C(=O)COC(=O)c1cc(=O)c2ccccc2[nH]1. The van der Waals surface area contributed by atoms with Crippen LogP contribution in [0.25, 0.3) is 10.9 Å². The van der Waals surface area contributed by atoms with E-state index < -0.39 is 5.97 Å². The van der Waals surface area contributed by atoms with Crippen LogP contribution < -0.4 is 5.43 Å². The van der Waals surface area contributed by atoms with E-state index in [1.165, 1.54) is 6.07 Å². The molecule has 2 heterocycles. The largest absolute Gasteiger partial charge is 0.451 e. The van der Waals surface area contributed by atoms with Crippen LogP contribution in [-0.4, -0.2) is 41.0 Å². The molecular weight excluding hydrogens is 320 g/mol. The van der Waals surface area contributed by atoms with Gasteiger partial charge in [0.2, 0.25) is 0 Å². The number of H-pyrrole nitrogens is 1. The Labute approximate surface area is 145 Å². The number of amides is 1. The number of pyridine rings is 1. The molecule has 1 aliphatic heterocycles. The Hall–Kier alpha value is -2.63. The van der Waals surface area contributed by atoms with Crippen molar-refractivity contribution in [2.45, 2.75) is 38.6 Å². The molecule has 1 aromatic carbocycles. The van der Waals surface area contributed by atoms with Crippen molar-refractivity contribution in [1.29, 1.82) is 0 Å². The molecule has 0 spiro atoms. The van der Waals surface area contributed by atoms with Gasteiger partial charge in [-0.15, -0.1) is 0 Å². The van der Waals surface area contributed by atoms with Crippen molar-refractivity contribution in [3.8, 4) is 0 Å². The lowest BCUT2D eigenvalue weighted by molar-refractivity contribution is -0.138. The first-order chi connectivity index (χ1) is 12.1. The van der Waals surface area contributed by atoms with Gasteiger partial charge in [0.25, 0.3) is 5.91 Å². The van der Waals surface area contributed by atoms with Crippen molar-refractivity contribution in [3.63, 3.8) is 0 Å². The second-order valence-corrected chi connectivity index (χ2v) is 6.31. The van der Waals surface area contributed by atoms with Gasteiger partial charge in [-0.25, -0.2) is 4.79 Å². The third kappa shape index (κ3) is 3.73. The van der Waals surface area contributed by atoms with Gasteiger partial charge in [0.15, 0.2) is 12.0 Å². The summed E-state index contributed by atoms with van der Waals surface area (Å²) in [4.78, 5) is 41.3. The summed E-state index contributed by atoms with van der Waals surface area (Å²) in [6, 6.07) is 8.38. The van der Waals surface area contributed by atoms with Crippen LogP contribution >= 0.6 is 0 Å². The number of carbonyl (C=O) groups is 2. The van der Waals surface area contributed by atoms with Gasteiger partial charge in [0.05, 0.1) is 0 Å². The Bertz CT molecular complexity index is 843. The van der Waals surface area contributed by atoms with Crippen LogP contribution in [0.15, 0.2) is 35.1 Å². The monoisotopic (exact) mass is 342 g/mol. The van der Waals surface area contributed by atoms with Crippen LogP contribution in [-0.2, 0) is 9.53 Å². The number of likely N-dealkylation sites (tertiary alicyclic amines) is 1. The second-order valence-electron chi connectivity index (χ2n) is 6.31. The van der Waals surface area contributed by atoms with Crippen molar-refractivity contribution >= 4 is 22.8 Å². The molecule has 1 fully saturated rings. The summed E-state index contributed by atoms with van der Waals surface area (Å²) in [5, 5.41) is 0.509. The lowest BCUT2D eigenvalue weighted by Gasteiger charge is -2.35. The maximum absolute atomic E-state index is 12.4. The molecule has 6 nitrogen and oxygen atoms in total. The molecule has 0 bridgehead atoms. The summed E-state index contributed by atoms with van der Waals surface area (Å²) in [6.45, 7) is 2.47. The molecule has 1 saturated heterocycles. The minimum Gasteiger partial charge on any atom is -0.451 e. The molecule has 1 aliphatic rings. The number of hydrogen-bond acceptors (Lipinski definition) is 4. The Morgan fingerprint density at radius 2 is 2.08 bits per heavy atom. The zero-order valence-corrected chi connectivity index (χ0v) is 14.3. The van der Waals surface area contributed by atoms with Gasteiger partial charge < -0.3 is 14.6 Å². The van der Waals surface area contributed by atoms with Crippen LogP contribution in [0, 0.1) is 0 Å². The first kappa shape index (κ1) is 17.2. The molecule has 1 atom stereocenters. The number of aromatic nitrogens is 1. The summed E-state index contributed by atoms with van der Waals surface area (Å²) < 4.78 is 5.14. The first-order valence-corrected chi connectivity index (χ1v) is 8.69. The van der Waals surface area contributed by atoms with Gasteiger partial charge in [-0.3, -0.25) is 9.59 Å². The van der Waals surface area contributed by atoms with E-state index in [1.807, 2.05) is 0 Å². The van der Waals surface area contributed by atoms with E-state index in [4.69, 9.17) is 4.74 Å². The molecule has 25 heavy (non-hydrogen) atoms. The molecule has 1 N–H and O–H groups in total. The third-order valence-corrected chi connectivity index (χ3v) is 4.70. The number of hydrogen-bond donors (Lipinski definition) is 1. The minimum absolute atomic E-state index is 0.0576. The second kappa shape index (κ2) is 7.51. The van der Waals surface area contributed by atoms with Crippen LogP contribution in [0.5, 0.6) is 0 Å². The number of nitrogens with zero attached hydrogens (tertiary/aromatic N) is 1.